The van der Waals surface area contributed by atoms with Gasteiger partial charge in [-0.2, -0.15) is 0 Å². The molecule has 2 rings (SSSR count). The molecule has 0 aliphatic heterocycles. The van der Waals surface area contributed by atoms with Crippen LogP contribution in [-0.2, 0) is 16.1 Å². The van der Waals surface area contributed by atoms with Crippen LogP contribution >= 0.6 is 27.7 Å². The standard InChI is InChI=1S/C16H20BrN3O4S/c1-10(21)8-20-15(23)12-7-11(17)3-4-13(12)19-16(20)25-9-14(22)18-5-6-24-2/h3-4,7,10,21H,5-6,8-9H2,1-2H3,(H,18,22)/t10-/m1/s1. The second-order valence-electron chi connectivity index (χ2n) is 5.45. The van der Waals surface area contributed by atoms with Gasteiger partial charge in [-0.1, -0.05) is 27.7 Å². The van der Waals surface area contributed by atoms with E-state index in [0.717, 1.165) is 16.2 Å². The molecule has 0 spiro atoms. The summed E-state index contributed by atoms with van der Waals surface area (Å²) in [7, 11) is 1.56. The SMILES string of the molecule is COCCNC(=O)CSc1nc2ccc(Br)cc2c(=O)n1C[C@@H](C)O. The summed E-state index contributed by atoms with van der Waals surface area (Å²) in [5, 5.41) is 13.3. The highest BCUT2D eigenvalue weighted by Gasteiger charge is 2.15. The van der Waals surface area contributed by atoms with E-state index >= 15 is 0 Å². The minimum absolute atomic E-state index is 0.113. The quantitative estimate of drug-likeness (QED) is 0.374. The number of halogens is 1. The number of carbonyl (C=O) groups is 1. The van der Waals surface area contributed by atoms with Crippen LogP contribution in [-0.4, -0.2) is 52.7 Å². The van der Waals surface area contributed by atoms with Crippen LogP contribution in [0.5, 0.6) is 0 Å². The molecule has 1 atom stereocenters. The Balaban J connectivity index is 2.29. The average Bonchev–Trinajstić information content (AvgIpc) is 2.56. The summed E-state index contributed by atoms with van der Waals surface area (Å²) in [6.07, 6.45) is -0.709. The average molecular weight is 430 g/mol. The molecule has 0 fully saturated rings. The molecule has 0 saturated carbocycles. The van der Waals surface area contributed by atoms with Crippen molar-refractivity contribution in [2.45, 2.75) is 24.7 Å². The van der Waals surface area contributed by atoms with Crippen molar-refractivity contribution in [3.63, 3.8) is 0 Å². The van der Waals surface area contributed by atoms with Gasteiger partial charge in [-0.15, -0.1) is 0 Å². The molecule has 1 heterocycles. The Kier molecular flexibility index (Phi) is 7.42. The van der Waals surface area contributed by atoms with Gasteiger partial charge in [0.05, 0.1) is 35.9 Å². The van der Waals surface area contributed by atoms with E-state index in [9.17, 15) is 14.7 Å². The molecule has 25 heavy (non-hydrogen) atoms. The molecule has 0 bridgehead atoms. The first-order valence-electron chi connectivity index (χ1n) is 7.69. The number of rotatable bonds is 8. The largest absolute Gasteiger partial charge is 0.392 e. The number of thioether (sulfide) groups is 1. The number of hydrogen-bond donors (Lipinski definition) is 2. The second kappa shape index (κ2) is 9.33. The van der Waals surface area contributed by atoms with Gasteiger partial charge in [0.15, 0.2) is 5.16 Å². The summed E-state index contributed by atoms with van der Waals surface area (Å²) in [4.78, 5) is 29.1. The maximum atomic E-state index is 12.8. The molecular weight excluding hydrogens is 410 g/mol. The smallest absolute Gasteiger partial charge is 0.262 e. The first kappa shape index (κ1) is 19.9. The summed E-state index contributed by atoms with van der Waals surface area (Å²) < 4.78 is 7.07. The maximum Gasteiger partial charge on any atom is 0.262 e. The summed E-state index contributed by atoms with van der Waals surface area (Å²) >= 11 is 4.51. The van der Waals surface area contributed by atoms with Gasteiger partial charge in [0.2, 0.25) is 5.91 Å². The molecule has 7 nitrogen and oxygen atoms in total. The number of nitrogens with zero attached hydrogens (tertiary/aromatic N) is 2. The maximum absolute atomic E-state index is 12.8. The lowest BCUT2D eigenvalue weighted by Gasteiger charge is -2.14. The van der Waals surface area contributed by atoms with E-state index in [1.807, 2.05) is 0 Å². The number of aliphatic hydroxyl groups is 1. The van der Waals surface area contributed by atoms with Gasteiger partial charge >= 0.3 is 0 Å². The van der Waals surface area contributed by atoms with Gasteiger partial charge in [0.25, 0.3) is 5.56 Å². The Bertz CT molecular complexity index is 810. The summed E-state index contributed by atoms with van der Waals surface area (Å²) in [5.41, 5.74) is 0.312. The first-order valence-corrected chi connectivity index (χ1v) is 9.47. The van der Waals surface area contributed by atoms with Crippen LogP contribution in [0.3, 0.4) is 0 Å². The minimum Gasteiger partial charge on any atom is -0.392 e. The Hall–Kier alpha value is -1.42. The van der Waals surface area contributed by atoms with Gasteiger partial charge in [-0.25, -0.2) is 4.98 Å². The fourth-order valence-electron chi connectivity index (χ4n) is 2.18. The molecule has 0 saturated heterocycles. The Morgan fingerprint density at radius 2 is 2.28 bits per heavy atom. The molecule has 9 heteroatoms. The van der Waals surface area contributed by atoms with Crippen molar-refractivity contribution in [1.29, 1.82) is 0 Å². The third-order valence-corrected chi connectivity index (χ3v) is 4.76. The van der Waals surface area contributed by atoms with E-state index in [1.54, 1.807) is 32.2 Å². The molecule has 1 amide bonds. The number of aliphatic hydroxyl groups excluding tert-OH is 1. The number of ether oxygens (including phenoxy) is 1. The van der Waals surface area contributed by atoms with Crippen LogP contribution in [0.15, 0.2) is 32.6 Å². The molecule has 0 unspecified atom stereocenters. The summed E-state index contributed by atoms with van der Waals surface area (Å²) in [6, 6.07) is 5.26. The predicted octanol–water partition coefficient (Wildman–Crippen LogP) is 1.39. The van der Waals surface area contributed by atoms with Crippen LogP contribution < -0.4 is 10.9 Å². The van der Waals surface area contributed by atoms with Crippen molar-refractivity contribution in [3.05, 3.63) is 33.0 Å². The molecule has 2 aromatic rings. The molecular formula is C16H20BrN3O4S. The number of amides is 1. The van der Waals surface area contributed by atoms with Crippen molar-refractivity contribution in [2.75, 3.05) is 26.0 Å². The number of methoxy groups -OCH3 is 1. The van der Waals surface area contributed by atoms with Crippen LogP contribution in [0.2, 0.25) is 0 Å². The highest BCUT2D eigenvalue weighted by atomic mass is 79.9. The zero-order chi connectivity index (χ0) is 18.4. The Labute approximate surface area is 157 Å². The highest BCUT2D eigenvalue weighted by Crippen LogP contribution is 2.20. The molecule has 1 aromatic carbocycles. The van der Waals surface area contributed by atoms with Crippen molar-refractivity contribution in [2.24, 2.45) is 0 Å². The number of benzene rings is 1. The van der Waals surface area contributed by atoms with Crippen molar-refractivity contribution in [1.82, 2.24) is 14.9 Å². The monoisotopic (exact) mass is 429 g/mol. The number of carbonyl (C=O) groups excluding carboxylic acids is 1. The lowest BCUT2D eigenvalue weighted by Crippen LogP contribution is -2.30. The fraction of sp³-hybridized carbons (Fsp3) is 0.438. The van der Waals surface area contributed by atoms with Crippen LogP contribution in [0.25, 0.3) is 10.9 Å². The van der Waals surface area contributed by atoms with Crippen LogP contribution in [0, 0.1) is 0 Å². The minimum atomic E-state index is -0.709. The zero-order valence-electron chi connectivity index (χ0n) is 14.0. The Morgan fingerprint density at radius 3 is 2.96 bits per heavy atom. The normalized spacial score (nSPS) is 12.3. The first-order chi connectivity index (χ1) is 11.9. The van der Waals surface area contributed by atoms with Gasteiger partial charge in [0, 0.05) is 18.1 Å². The molecule has 0 aliphatic carbocycles. The highest BCUT2D eigenvalue weighted by molar-refractivity contribution is 9.10. The Morgan fingerprint density at radius 1 is 1.52 bits per heavy atom. The van der Waals surface area contributed by atoms with E-state index in [2.05, 4.69) is 26.2 Å². The molecule has 2 N–H and O–H groups in total. The number of aromatic nitrogens is 2. The lowest BCUT2D eigenvalue weighted by molar-refractivity contribution is -0.118. The second-order valence-corrected chi connectivity index (χ2v) is 7.31. The van der Waals surface area contributed by atoms with E-state index in [4.69, 9.17) is 4.74 Å². The molecule has 1 aromatic heterocycles. The predicted molar refractivity (Wildman–Crippen MR) is 101 cm³/mol. The summed E-state index contributed by atoms with van der Waals surface area (Å²) in [5.74, 6) is -0.0475. The third kappa shape index (κ3) is 5.53. The van der Waals surface area contributed by atoms with Crippen molar-refractivity contribution >= 4 is 44.5 Å². The zero-order valence-corrected chi connectivity index (χ0v) is 16.4. The third-order valence-electron chi connectivity index (χ3n) is 3.29. The van der Waals surface area contributed by atoms with Gasteiger partial charge in [-0.3, -0.25) is 14.2 Å². The van der Waals surface area contributed by atoms with E-state index in [0.29, 0.717) is 29.2 Å². The van der Waals surface area contributed by atoms with Crippen LogP contribution in [0.4, 0.5) is 0 Å². The topological polar surface area (TPSA) is 93.5 Å². The van der Waals surface area contributed by atoms with E-state index < -0.39 is 6.10 Å². The lowest BCUT2D eigenvalue weighted by atomic mass is 10.2. The van der Waals surface area contributed by atoms with Gasteiger partial charge in [0.1, 0.15) is 0 Å². The van der Waals surface area contributed by atoms with E-state index in [1.165, 1.54) is 4.57 Å². The van der Waals surface area contributed by atoms with E-state index in [-0.39, 0.29) is 23.8 Å². The molecule has 136 valence electrons. The fourth-order valence-corrected chi connectivity index (χ4v) is 3.38. The van der Waals surface area contributed by atoms with Gasteiger partial charge in [-0.05, 0) is 25.1 Å². The van der Waals surface area contributed by atoms with Crippen molar-refractivity contribution in [3.8, 4) is 0 Å². The van der Waals surface area contributed by atoms with Crippen molar-refractivity contribution < 1.29 is 14.6 Å². The number of nitrogens with one attached hydrogen (secondary N) is 1. The number of fused-ring (bicyclic) bond motifs is 1. The van der Waals surface area contributed by atoms with Crippen LogP contribution in [0.1, 0.15) is 6.92 Å². The van der Waals surface area contributed by atoms with Gasteiger partial charge < -0.3 is 15.2 Å². The molecule has 0 radical (unpaired) electrons. The summed E-state index contributed by atoms with van der Waals surface area (Å²) in [6.45, 7) is 2.58. The molecule has 0 aliphatic rings. The number of hydrogen-bond acceptors (Lipinski definition) is 6.